The lowest BCUT2D eigenvalue weighted by atomic mass is 10.2. The van der Waals surface area contributed by atoms with E-state index in [-0.39, 0.29) is 0 Å². The summed E-state index contributed by atoms with van der Waals surface area (Å²) in [7, 11) is 0. The number of amides is 1. The summed E-state index contributed by atoms with van der Waals surface area (Å²) in [4.78, 5) is 21.3. The topological polar surface area (TPSA) is 69.2 Å². The third-order valence-corrected chi connectivity index (χ3v) is 2.41. The van der Waals surface area contributed by atoms with Crippen molar-refractivity contribution in [3.05, 3.63) is 40.4 Å². The second kappa shape index (κ2) is 5.46. The van der Waals surface area contributed by atoms with Gasteiger partial charge in [-0.15, -0.1) is 0 Å². The molecule has 1 aromatic carbocycles. The average molecular weight is 283 g/mol. The molecule has 0 spiro atoms. The predicted octanol–water partition coefficient (Wildman–Crippen LogP) is 1.00. The fourth-order valence-corrected chi connectivity index (χ4v) is 1.63. The van der Waals surface area contributed by atoms with Crippen molar-refractivity contribution in [2.24, 2.45) is 0 Å². The highest BCUT2D eigenvalue weighted by molar-refractivity contribution is 9.10. The molecule has 84 valence electrons. The van der Waals surface area contributed by atoms with Crippen LogP contribution in [0.3, 0.4) is 0 Å². The molecule has 1 aromatic rings. The molecule has 0 saturated carbocycles. The normalized spacial score (nSPS) is 10.4. The summed E-state index contributed by atoms with van der Waals surface area (Å²) in [6.07, 6.45) is 1.58. The van der Waals surface area contributed by atoms with Crippen LogP contribution in [0.4, 0.5) is 5.69 Å². The zero-order valence-corrected chi connectivity index (χ0v) is 10.1. The zero-order chi connectivity index (χ0) is 12.1. The van der Waals surface area contributed by atoms with Gasteiger partial charge in [-0.2, -0.15) is 0 Å². The number of carboxylic acids is 1. The van der Waals surface area contributed by atoms with E-state index in [1.54, 1.807) is 6.07 Å². The Bertz CT molecular complexity index is 455. The summed E-state index contributed by atoms with van der Waals surface area (Å²) < 4.78 is 0.739. The summed E-state index contributed by atoms with van der Waals surface area (Å²) in [5, 5.41) is 12.6. The molecule has 0 atom stereocenters. The van der Waals surface area contributed by atoms with E-state index in [1.165, 1.54) is 0 Å². The largest absolute Gasteiger partial charge is 0.545 e. The monoisotopic (exact) mass is 282 g/mol. The molecule has 0 aliphatic heterocycles. The van der Waals surface area contributed by atoms with E-state index in [9.17, 15) is 14.7 Å². The minimum absolute atomic E-state index is 0.520. The Hall–Kier alpha value is -1.62. The first-order valence-corrected chi connectivity index (χ1v) is 5.24. The molecule has 0 saturated heterocycles. The van der Waals surface area contributed by atoms with Gasteiger partial charge in [-0.05, 0) is 46.6 Å². The molecule has 1 N–H and O–H groups in total. The lowest BCUT2D eigenvalue weighted by Gasteiger charge is -2.05. The Morgan fingerprint density at radius 2 is 2.06 bits per heavy atom. The van der Waals surface area contributed by atoms with Gasteiger partial charge in [0.25, 0.3) is 0 Å². The van der Waals surface area contributed by atoms with Crippen LogP contribution in [-0.4, -0.2) is 11.9 Å². The third kappa shape index (κ3) is 3.86. The van der Waals surface area contributed by atoms with Gasteiger partial charge in [-0.1, -0.05) is 6.07 Å². The van der Waals surface area contributed by atoms with Crippen LogP contribution in [0.25, 0.3) is 0 Å². The highest BCUT2D eigenvalue weighted by Gasteiger charge is 2.02. The van der Waals surface area contributed by atoms with Gasteiger partial charge in [-0.25, -0.2) is 0 Å². The van der Waals surface area contributed by atoms with Crippen molar-refractivity contribution in [3.8, 4) is 0 Å². The molecule has 0 fully saturated rings. The molecule has 1 amide bonds. The number of carbonyl (C=O) groups excluding carboxylic acids is 2. The summed E-state index contributed by atoms with van der Waals surface area (Å²) in [6, 6.07) is 5.41. The second-order valence-electron chi connectivity index (χ2n) is 3.12. The fraction of sp³-hybridized carbons (Fsp3) is 0.0909. The van der Waals surface area contributed by atoms with Crippen molar-refractivity contribution in [2.75, 3.05) is 5.32 Å². The number of anilines is 1. The number of nitrogens with one attached hydrogen (secondary N) is 1. The van der Waals surface area contributed by atoms with Crippen LogP contribution < -0.4 is 10.4 Å². The van der Waals surface area contributed by atoms with E-state index < -0.39 is 11.9 Å². The molecule has 0 aliphatic rings. The van der Waals surface area contributed by atoms with Crippen molar-refractivity contribution >= 4 is 33.5 Å². The Balaban J connectivity index is 2.73. The van der Waals surface area contributed by atoms with E-state index in [0.29, 0.717) is 11.8 Å². The number of benzene rings is 1. The quantitative estimate of drug-likeness (QED) is 0.841. The minimum Gasteiger partial charge on any atom is -0.545 e. The lowest BCUT2D eigenvalue weighted by molar-refractivity contribution is -0.297. The fourth-order valence-electron chi connectivity index (χ4n) is 1.04. The molecule has 4 nitrogen and oxygen atoms in total. The van der Waals surface area contributed by atoms with Crippen molar-refractivity contribution in [2.45, 2.75) is 6.92 Å². The van der Waals surface area contributed by atoms with Crippen LogP contribution in [-0.2, 0) is 9.59 Å². The third-order valence-electron chi connectivity index (χ3n) is 1.75. The first-order chi connectivity index (χ1) is 7.49. The lowest BCUT2D eigenvalue weighted by Crippen LogP contribution is -2.20. The smallest absolute Gasteiger partial charge is 0.248 e. The van der Waals surface area contributed by atoms with Crippen LogP contribution in [0.2, 0.25) is 0 Å². The molecule has 0 radical (unpaired) electrons. The van der Waals surface area contributed by atoms with Gasteiger partial charge < -0.3 is 15.2 Å². The molecule has 1 rings (SSSR count). The molecule has 0 heterocycles. The Kier molecular flexibility index (Phi) is 4.25. The van der Waals surface area contributed by atoms with Crippen LogP contribution in [0.1, 0.15) is 5.56 Å². The molecule has 16 heavy (non-hydrogen) atoms. The van der Waals surface area contributed by atoms with Gasteiger partial charge in [0.2, 0.25) is 5.91 Å². The Morgan fingerprint density at radius 3 is 2.62 bits per heavy atom. The number of aryl methyl sites for hydroxylation is 1. The van der Waals surface area contributed by atoms with Gasteiger partial charge in [-0.3, -0.25) is 4.79 Å². The Morgan fingerprint density at radius 1 is 1.38 bits per heavy atom. The van der Waals surface area contributed by atoms with Gasteiger partial charge in [0.05, 0.1) is 11.7 Å². The molecule has 0 bridgehead atoms. The van der Waals surface area contributed by atoms with Crippen LogP contribution in [0.15, 0.2) is 34.8 Å². The summed E-state index contributed by atoms with van der Waals surface area (Å²) in [5.41, 5.74) is 1.63. The maximum absolute atomic E-state index is 11.2. The first kappa shape index (κ1) is 12.4. The number of halogens is 1. The highest BCUT2D eigenvalue weighted by Crippen LogP contribution is 2.23. The Labute approximate surface area is 101 Å². The maximum atomic E-state index is 11.2. The van der Waals surface area contributed by atoms with Gasteiger partial charge in [0.1, 0.15) is 0 Å². The summed E-state index contributed by atoms with van der Waals surface area (Å²) >= 11 is 3.29. The number of carboxylic acid groups (broad SMARTS) is 1. The molecule has 0 unspecified atom stereocenters. The molecule has 5 heteroatoms. The van der Waals surface area contributed by atoms with Gasteiger partial charge >= 0.3 is 0 Å². The SMILES string of the molecule is Cc1ccc(NC(=O)/C=C\C(=O)[O-])c(Br)c1. The zero-order valence-electron chi connectivity index (χ0n) is 8.49. The van der Waals surface area contributed by atoms with Crippen molar-refractivity contribution in [1.82, 2.24) is 0 Å². The van der Waals surface area contributed by atoms with Gasteiger partial charge in [0.15, 0.2) is 0 Å². The van der Waals surface area contributed by atoms with E-state index in [1.807, 2.05) is 19.1 Å². The van der Waals surface area contributed by atoms with Crippen molar-refractivity contribution in [1.29, 1.82) is 0 Å². The first-order valence-electron chi connectivity index (χ1n) is 4.45. The summed E-state index contributed by atoms with van der Waals surface area (Å²) in [5.74, 6) is -1.92. The molecule has 0 aliphatic carbocycles. The minimum atomic E-state index is -1.40. The second-order valence-corrected chi connectivity index (χ2v) is 3.98. The number of hydrogen-bond donors (Lipinski definition) is 1. The van der Waals surface area contributed by atoms with Crippen LogP contribution >= 0.6 is 15.9 Å². The van der Waals surface area contributed by atoms with Crippen LogP contribution in [0.5, 0.6) is 0 Å². The van der Waals surface area contributed by atoms with Crippen LogP contribution in [0, 0.1) is 6.92 Å². The maximum Gasteiger partial charge on any atom is 0.248 e. The number of hydrogen-bond acceptors (Lipinski definition) is 3. The van der Waals surface area contributed by atoms with E-state index in [2.05, 4.69) is 21.2 Å². The van der Waals surface area contributed by atoms with Crippen molar-refractivity contribution in [3.63, 3.8) is 0 Å². The predicted molar refractivity (Wildman–Crippen MR) is 61.7 cm³/mol. The average Bonchev–Trinajstić information content (AvgIpc) is 2.19. The highest BCUT2D eigenvalue weighted by atomic mass is 79.9. The van der Waals surface area contributed by atoms with Gasteiger partial charge in [0, 0.05) is 10.5 Å². The van der Waals surface area contributed by atoms with Crippen molar-refractivity contribution < 1.29 is 14.7 Å². The standard InChI is InChI=1S/C11H10BrNO3/c1-7-2-3-9(8(12)6-7)13-10(14)4-5-11(15)16/h2-6H,1H3,(H,13,14)(H,15,16)/p-1/b5-4-. The van der Waals surface area contributed by atoms with E-state index in [4.69, 9.17) is 0 Å². The summed E-state index contributed by atoms with van der Waals surface area (Å²) in [6.45, 7) is 1.92. The van der Waals surface area contributed by atoms with E-state index >= 15 is 0 Å². The van der Waals surface area contributed by atoms with E-state index in [0.717, 1.165) is 16.1 Å². The number of aliphatic carboxylic acids is 1. The molecular weight excluding hydrogens is 274 g/mol. The number of carbonyl (C=O) groups is 2. The molecular formula is C11H9BrNO3-. The number of rotatable bonds is 3. The molecule has 0 aromatic heterocycles.